The van der Waals surface area contributed by atoms with Gasteiger partial charge in [-0.2, -0.15) is 0 Å². The number of amides is 1. The molecule has 0 heterocycles. The van der Waals surface area contributed by atoms with E-state index in [9.17, 15) is 4.79 Å². The van der Waals surface area contributed by atoms with Gasteiger partial charge >= 0.3 is 0 Å². The van der Waals surface area contributed by atoms with Crippen LogP contribution >= 0.6 is 11.8 Å². The molecule has 6 heteroatoms. The van der Waals surface area contributed by atoms with E-state index in [4.69, 9.17) is 9.47 Å². The summed E-state index contributed by atoms with van der Waals surface area (Å²) in [7, 11) is 0. The van der Waals surface area contributed by atoms with Crippen LogP contribution in [0.4, 0.5) is 4.79 Å². The summed E-state index contributed by atoms with van der Waals surface area (Å²) in [5.41, 5.74) is 0. The molecular weight excluding hydrogens is 661 g/mol. The molecule has 52 heavy (non-hydrogen) atoms. The van der Waals surface area contributed by atoms with Gasteiger partial charge in [-0.15, -0.1) is 0 Å². The summed E-state index contributed by atoms with van der Waals surface area (Å²) in [6.45, 7) is 14.5. The molecule has 5 nitrogen and oxygen atoms in total. The van der Waals surface area contributed by atoms with Crippen molar-refractivity contribution in [3.8, 4) is 0 Å². The quantitative estimate of drug-likeness (QED) is 0.0497. The predicted molar refractivity (Wildman–Crippen MR) is 233 cm³/mol. The van der Waals surface area contributed by atoms with Crippen molar-refractivity contribution >= 4 is 17.0 Å². The number of carbonyl (C=O) groups is 1. The van der Waals surface area contributed by atoms with Crippen molar-refractivity contribution in [3.63, 3.8) is 0 Å². The van der Waals surface area contributed by atoms with Crippen molar-refractivity contribution in [1.29, 1.82) is 0 Å². The number of nitrogens with zero attached hydrogens (tertiary/aromatic N) is 1. The van der Waals surface area contributed by atoms with E-state index in [0.717, 1.165) is 51.4 Å². The molecule has 0 radical (unpaired) electrons. The van der Waals surface area contributed by atoms with Crippen LogP contribution in [-0.4, -0.2) is 68.0 Å². The van der Waals surface area contributed by atoms with Crippen molar-refractivity contribution < 1.29 is 14.3 Å². The third-order valence-corrected chi connectivity index (χ3v) is 10.9. The number of allylic oxidation sites excluding steroid dienone is 4. The van der Waals surface area contributed by atoms with E-state index in [-0.39, 0.29) is 11.3 Å². The highest BCUT2D eigenvalue weighted by atomic mass is 32.2. The third kappa shape index (κ3) is 40.4. The first-order valence-corrected chi connectivity index (χ1v) is 23.8. The minimum Gasteiger partial charge on any atom is -0.379 e. The van der Waals surface area contributed by atoms with Crippen LogP contribution in [0.3, 0.4) is 0 Å². The fourth-order valence-electron chi connectivity index (χ4n) is 6.50. The summed E-state index contributed by atoms with van der Waals surface area (Å²) in [6.07, 6.45) is 46.3. The molecule has 0 rings (SSSR count). The van der Waals surface area contributed by atoms with E-state index >= 15 is 0 Å². The number of rotatable bonds is 42. The van der Waals surface area contributed by atoms with Crippen molar-refractivity contribution in [3.05, 3.63) is 24.3 Å². The third-order valence-electron chi connectivity index (χ3n) is 10.1. The first-order valence-electron chi connectivity index (χ1n) is 22.8. The molecule has 0 saturated carbocycles. The highest BCUT2D eigenvalue weighted by Crippen LogP contribution is 2.12. The molecule has 0 unspecified atom stereocenters. The largest absolute Gasteiger partial charge is 0.379 e. The number of nitrogens with one attached hydrogen (secondary N) is 1. The van der Waals surface area contributed by atoms with Gasteiger partial charge in [-0.25, -0.2) is 0 Å². The molecule has 0 spiro atoms. The molecule has 1 N–H and O–H groups in total. The van der Waals surface area contributed by atoms with E-state index in [2.05, 4.69) is 62.2 Å². The van der Waals surface area contributed by atoms with Gasteiger partial charge in [0.25, 0.3) is 5.24 Å². The van der Waals surface area contributed by atoms with Gasteiger partial charge < -0.3 is 19.7 Å². The maximum atomic E-state index is 12.7. The van der Waals surface area contributed by atoms with Crippen molar-refractivity contribution in [2.45, 2.75) is 214 Å². The predicted octanol–water partition coefficient (Wildman–Crippen LogP) is 14.2. The number of hydrogen-bond acceptors (Lipinski definition) is 5. The molecule has 0 aliphatic rings. The zero-order valence-corrected chi connectivity index (χ0v) is 36.2. The molecular formula is C46H90N2O3S. The lowest BCUT2D eigenvalue weighted by Gasteiger charge is -2.20. The molecule has 1 amide bonds. The number of thioether (sulfide) groups is 1. The van der Waals surface area contributed by atoms with E-state index in [0.29, 0.717) is 13.2 Å². The summed E-state index contributed by atoms with van der Waals surface area (Å²) >= 11 is 1.38. The Labute approximate surface area is 330 Å². The highest BCUT2D eigenvalue weighted by molar-refractivity contribution is 8.13. The van der Waals surface area contributed by atoms with Gasteiger partial charge in [-0.05, 0) is 77.3 Å². The second-order valence-corrected chi connectivity index (χ2v) is 16.1. The second-order valence-electron chi connectivity index (χ2n) is 15.0. The van der Waals surface area contributed by atoms with Gasteiger partial charge in [0.05, 0.1) is 19.3 Å². The Bertz CT molecular complexity index is 712. The molecule has 0 aromatic heterocycles. The fraction of sp³-hybridized carbons (Fsp3) is 0.891. The van der Waals surface area contributed by atoms with E-state index in [1.165, 1.54) is 179 Å². The molecule has 0 atom stereocenters. The summed E-state index contributed by atoms with van der Waals surface area (Å²) in [6, 6.07) is -0.0864. The van der Waals surface area contributed by atoms with Crippen LogP contribution in [0.25, 0.3) is 0 Å². The molecule has 0 aromatic carbocycles. The summed E-state index contributed by atoms with van der Waals surface area (Å²) < 4.78 is 12.1. The first kappa shape index (κ1) is 51.2. The standard InChI is InChI=1S/C46H90N2O3S/c1-5-9-11-13-15-17-19-21-23-25-27-29-31-33-35-37-40-50-43-45(47-46(49)52-42-39-48(7-3)8-4)44-51-41-38-36-34-32-30-28-26-24-22-20-18-16-14-12-10-6-2/h21-24,45H,5-20,25-44H2,1-4H3,(H,47,49)/b23-21-,24-22-. The Morgan fingerprint density at radius 2 is 0.865 bits per heavy atom. The minimum absolute atomic E-state index is 0.0406. The fourth-order valence-corrected chi connectivity index (χ4v) is 7.29. The number of ether oxygens (including phenoxy) is 2. The molecule has 0 aromatic rings. The van der Waals surface area contributed by atoms with E-state index < -0.39 is 0 Å². The SMILES string of the molecule is CCCCCCCC/C=C\CCCCCCCCOCC(COCCCCCCCC/C=C\CCCCCCCC)NC(=O)SCCN(CC)CC. The topological polar surface area (TPSA) is 50.8 Å². The Hall–Kier alpha value is -0.820. The normalized spacial score (nSPS) is 12.0. The Kier molecular flexibility index (Phi) is 43.9. The smallest absolute Gasteiger partial charge is 0.279 e. The van der Waals surface area contributed by atoms with Gasteiger partial charge in [0, 0.05) is 25.5 Å². The van der Waals surface area contributed by atoms with Crippen LogP contribution < -0.4 is 5.32 Å². The van der Waals surface area contributed by atoms with Gasteiger partial charge in [0.1, 0.15) is 0 Å². The van der Waals surface area contributed by atoms with Crippen LogP contribution in [0, 0.1) is 0 Å². The Balaban J connectivity index is 4.01. The molecule has 308 valence electrons. The monoisotopic (exact) mass is 751 g/mol. The average Bonchev–Trinajstić information content (AvgIpc) is 3.15. The molecule has 0 saturated heterocycles. The van der Waals surface area contributed by atoms with E-state index in [1.54, 1.807) is 0 Å². The van der Waals surface area contributed by atoms with Crippen LogP contribution in [0.15, 0.2) is 24.3 Å². The molecule has 0 fully saturated rings. The minimum atomic E-state index is -0.0864. The Morgan fingerprint density at radius 1 is 0.519 bits per heavy atom. The van der Waals surface area contributed by atoms with Crippen LogP contribution in [0.2, 0.25) is 0 Å². The number of carbonyl (C=O) groups excluding carboxylic acids is 1. The zero-order chi connectivity index (χ0) is 37.8. The zero-order valence-electron chi connectivity index (χ0n) is 35.4. The highest BCUT2D eigenvalue weighted by Gasteiger charge is 2.14. The van der Waals surface area contributed by atoms with Crippen molar-refractivity contribution in [1.82, 2.24) is 10.2 Å². The Morgan fingerprint density at radius 3 is 1.23 bits per heavy atom. The van der Waals surface area contributed by atoms with Crippen LogP contribution in [0.5, 0.6) is 0 Å². The van der Waals surface area contributed by atoms with Crippen molar-refractivity contribution in [2.24, 2.45) is 0 Å². The lowest BCUT2D eigenvalue weighted by molar-refractivity contribution is 0.0569. The van der Waals surface area contributed by atoms with Gasteiger partial charge in [0.2, 0.25) is 0 Å². The maximum Gasteiger partial charge on any atom is 0.279 e. The van der Waals surface area contributed by atoms with Crippen LogP contribution in [-0.2, 0) is 9.47 Å². The molecule has 0 bridgehead atoms. The molecule has 0 aliphatic carbocycles. The lowest BCUT2D eigenvalue weighted by Crippen LogP contribution is -2.40. The summed E-state index contributed by atoms with van der Waals surface area (Å²) in [5, 5.41) is 3.23. The summed E-state index contributed by atoms with van der Waals surface area (Å²) in [5.74, 6) is 0.812. The number of unbranched alkanes of at least 4 members (excludes halogenated alkanes) is 24. The van der Waals surface area contributed by atoms with Gasteiger partial charge in [-0.3, -0.25) is 4.79 Å². The summed E-state index contributed by atoms with van der Waals surface area (Å²) in [4.78, 5) is 15.1. The van der Waals surface area contributed by atoms with Crippen LogP contribution in [0.1, 0.15) is 207 Å². The average molecular weight is 751 g/mol. The van der Waals surface area contributed by atoms with E-state index in [1.807, 2.05) is 0 Å². The lowest BCUT2D eigenvalue weighted by atomic mass is 10.1. The van der Waals surface area contributed by atoms with Gasteiger partial charge in [-0.1, -0.05) is 179 Å². The first-order chi connectivity index (χ1) is 25.7. The maximum absolute atomic E-state index is 12.7. The van der Waals surface area contributed by atoms with Gasteiger partial charge in [0.15, 0.2) is 0 Å². The second kappa shape index (κ2) is 44.6. The van der Waals surface area contributed by atoms with Crippen molar-refractivity contribution in [2.75, 3.05) is 51.8 Å². The molecule has 0 aliphatic heterocycles. The number of hydrogen-bond donors (Lipinski definition) is 1.